The van der Waals surface area contributed by atoms with E-state index in [9.17, 15) is 0 Å². The first-order valence-electron chi connectivity index (χ1n) is 4.27. The van der Waals surface area contributed by atoms with Crippen LogP contribution in [-0.4, -0.2) is 19.1 Å². The molecule has 0 bridgehead atoms. The molecule has 0 spiro atoms. The smallest absolute Gasteiger partial charge is 0.0257 e. The molecule has 0 saturated carbocycles. The normalized spacial score (nSPS) is 12.2. The van der Waals surface area contributed by atoms with Gasteiger partial charge in [-0.3, -0.25) is 0 Å². The van der Waals surface area contributed by atoms with Crippen LogP contribution < -0.4 is 11.5 Å². The molecule has 0 aromatic carbocycles. The van der Waals surface area contributed by atoms with E-state index < -0.39 is 0 Å². The summed E-state index contributed by atoms with van der Waals surface area (Å²) in [5, 5.41) is 3.43. The second-order valence-corrected chi connectivity index (χ2v) is 2.79. The van der Waals surface area contributed by atoms with Crippen molar-refractivity contribution < 1.29 is 0 Å². The molecule has 0 aliphatic rings. The Balaban J connectivity index is 3.13. The molecule has 1 atom stereocenters. The molecule has 0 amide bonds. The minimum Gasteiger partial charge on any atom is -0.330 e. The third-order valence-electron chi connectivity index (χ3n) is 1.68. The van der Waals surface area contributed by atoms with E-state index >= 15 is 0 Å². The van der Waals surface area contributed by atoms with Gasteiger partial charge in [0.1, 0.15) is 0 Å². The van der Waals surface area contributed by atoms with Gasteiger partial charge in [-0.1, -0.05) is 11.5 Å². The highest BCUT2D eigenvalue weighted by molar-refractivity contribution is 4.61. The van der Waals surface area contributed by atoms with Gasteiger partial charge in [0.05, 0.1) is 0 Å². The summed E-state index contributed by atoms with van der Waals surface area (Å²) in [4.78, 5) is 2.66. The van der Waals surface area contributed by atoms with Gasteiger partial charge in [0.2, 0.25) is 0 Å². The lowest BCUT2D eigenvalue weighted by molar-refractivity contribution is 0.540. The minimum absolute atomic E-state index is 0.209. The Hall–Kier alpha value is -0.770. The molecule has 12 heavy (non-hydrogen) atoms. The number of nitrogens with zero attached hydrogens (tertiary/aromatic N) is 3. The zero-order valence-electron chi connectivity index (χ0n) is 7.32. The molecule has 0 aliphatic heterocycles. The van der Waals surface area contributed by atoms with Crippen molar-refractivity contribution >= 4 is 0 Å². The van der Waals surface area contributed by atoms with E-state index in [2.05, 4.69) is 10.0 Å². The second kappa shape index (κ2) is 8.33. The van der Waals surface area contributed by atoms with E-state index in [1.165, 1.54) is 0 Å². The highest BCUT2D eigenvalue weighted by atomic mass is 15.1. The average molecular weight is 171 g/mol. The Morgan fingerprint density at radius 3 is 2.67 bits per heavy atom. The molecule has 0 fully saturated rings. The quantitative estimate of drug-likeness (QED) is 0.260. The van der Waals surface area contributed by atoms with Gasteiger partial charge in [-0.05, 0) is 31.3 Å². The van der Waals surface area contributed by atoms with Crippen LogP contribution in [0.15, 0.2) is 5.11 Å². The first-order chi connectivity index (χ1) is 5.81. The molecule has 5 heteroatoms. The van der Waals surface area contributed by atoms with Crippen molar-refractivity contribution in [2.24, 2.45) is 16.6 Å². The number of azide groups is 1. The number of hydrogen-bond donors (Lipinski definition) is 2. The summed E-state index contributed by atoms with van der Waals surface area (Å²) in [5.74, 6) is 0. The Morgan fingerprint density at radius 1 is 1.33 bits per heavy atom. The first-order valence-corrected chi connectivity index (χ1v) is 4.27. The van der Waals surface area contributed by atoms with Gasteiger partial charge in [-0.15, -0.1) is 0 Å². The predicted octanol–water partition coefficient (Wildman–Crippen LogP) is 1.14. The van der Waals surface area contributed by atoms with Crippen LogP contribution in [0.25, 0.3) is 10.4 Å². The number of rotatable bonds is 7. The van der Waals surface area contributed by atoms with Gasteiger partial charge >= 0.3 is 0 Å². The SMILES string of the molecule is [N-]=[N+]=NCCCCC(N)CCN. The van der Waals surface area contributed by atoms with Crippen LogP contribution in [0.1, 0.15) is 25.7 Å². The van der Waals surface area contributed by atoms with Crippen LogP contribution in [-0.2, 0) is 0 Å². The van der Waals surface area contributed by atoms with Crippen molar-refractivity contribution in [3.63, 3.8) is 0 Å². The number of nitrogens with two attached hydrogens (primary N) is 2. The summed E-state index contributed by atoms with van der Waals surface area (Å²) in [6.07, 6.45) is 3.78. The third-order valence-corrected chi connectivity index (χ3v) is 1.68. The highest BCUT2D eigenvalue weighted by Crippen LogP contribution is 2.01. The molecular formula is C7H17N5. The molecule has 0 aliphatic carbocycles. The molecule has 4 N–H and O–H groups in total. The highest BCUT2D eigenvalue weighted by Gasteiger charge is 1.99. The van der Waals surface area contributed by atoms with Gasteiger partial charge in [0.25, 0.3) is 0 Å². The summed E-state index contributed by atoms with van der Waals surface area (Å²) >= 11 is 0. The summed E-state index contributed by atoms with van der Waals surface area (Å²) in [6.45, 7) is 1.23. The van der Waals surface area contributed by atoms with E-state index in [0.717, 1.165) is 25.7 Å². The fourth-order valence-corrected chi connectivity index (χ4v) is 0.992. The fraction of sp³-hybridized carbons (Fsp3) is 1.00. The maximum atomic E-state index is 7.98. The zero-order valence-corrected chi connectivity index (χ0v) is 7.32. The Morgan fingerprint density at radius 2 is 2.08 bits per heavy atom. The largest absolute Gasteiger partial charge is 0.330 e. The van der Waals surface area contributed by atoms with Crippen molar-refractivity contribution in [3.8, 4) is 0 Å². The van der Waals surface area contributed by atoms with Crippen LogP contribution in [0.4, 0.5) is 0 Å². The minimum atomic E-state index is 0.209. The van der Waals surface area contributed by atoms with E-state index in [1.807, 2.05) is 0 Å². The maximum Gasteiger partial charge on any atom is 0.0257 e. The fourth-order valence-electron chi connectivity index (χ4n) is 0.992. The molecular weight excluding hydrogens is 154 g/mol. The van der Waals surface area contributed by atoms with E-state index in [4.69, 9.17) is 17.0 Å². The van der Waals surface area contributed by atoms with Crippen LogP contribution in [0.3, 0.4) is 0 Å². The maximum absolute atomic E-state index is 7.98. The van der Waals surface area contributed by atoms with Gasteiger partial charge in [-0.25, -0.2) is 0 Å². The first kappa shape index (κ1) is 11.2. The molecule has 0 heterocycles. The van der Waals surface area contributed by atoms with Crippen molar-refractivity contribution in [3.05, 3.63) is 10.4 Å². The van der Waals surface area contributed by atoms with Crippen LogP contribution >= 0.6 is 0 Å². The van der Waals surface area contributed by atoms with E-state index in [-0.39, 0.29) is 6.04 Å². The summed E-state index contributed by atoms with van der Waals surface area (Å²) in [7, 11) is 0. The van der Waals surface area contributed by atoms with Crippen molar-refractivity contribution in [2.75, 3.05) is 13.1 Å². The van der Waals surface area contributed by atoms with Gasteiger partial charge in [0.15, 0.2) is 0 Å². The lowest BCUT2D eigenvalue weighted by atomic mass is 10.1. The average Bonchev–Trinajstić information content (AvgIpc) is 2.05. The van der Waals surface area contributed by atoms with Crippen molar-refractivity contribution in [1.82, 2.24) is 0 Å². The zero-order chi connectivity index (χ0) is 9.23. The summed E-state index contributed by atoms with van der Waals surface area (Å²) < 4.78 is 0. The van der Waals surface area contributed by atoms with E-state index in [0.29, 0.717) is 13.1 Å². The molecule has 1 unspecified atom stereocenters. The molecule has 0 radical (unpaired) electrons. The molecule has 70 valence electrons. The molecule has 0 aromatic heterocycles. The van der Waals surface area contributed by atoms with E-state index in [1.54, 1.807) is 0 Å². The standard InChI is InChI=1S/C7H17N5/c8-5-4-7(9)3-1-2-6-11-12-10/h7H,1-6,8-9H2. The van der Waals surface area contributed by atoms with Gasteiger partial charge < -0.3 is 11.5 Å². The van der Waals surface area contributed by atoms with Crippen LogP contribution in [0.5, 0.6) is 0 Å². The topological polar surface area (TPSA) is 101 Å². The van der Waals surface area contributed by atoms with Gasteiger partial charge in [0, 0.05) is 17.5 Å². The van der Waals surface area contributed by atoms with Crippen molar-refractivity contribution in [1.29, 1.82) is 0 Å². The molecule has 0 saturated heterocycles. The van der Waals surface area contributed by atoms with Crippen molar-refractivity contribution in [2.45, 2.75) is 31.7 Å². The Kier molecular flexibility index (Phi) is 7.79. The predicted molar refractivity (Wildman–Crippen MR) is 49.5 cm³/mol. The number of hydrogen-bond acceptors (Lipinski definition) is 3. The lowest BCUT2D eigenvalue weighted by Crippen LogP contribution is -2.23. The van der Waals surface area contributed by atoms with Gasteiger partial charge in [-0.2, -0.15) is 0 Å². The summed E-state index contributed by atoms with van der Waals surface area (Å²) in [5.41, 5.74) is 19.0. The second-order valence-electron chi connectivity index (χ2n) is 2.79. The molecule has 5 nitrogen and oxygen atoms in total. The number of unbranched alkanes of at least 4 members (excludes halogenated alkanes) is 1. The third kappa shape index (κ3) is 7.34. The Labute approximate surface area is 72.7 Å². The monoisotopic (exact) mass is 171 g/mol. The molecule has 0 aromatic rings. The molecule has 0 rings (SSSR count). The lowest BCUT2D eigenvalue weighted by Gasteiger charge is -2.08. The Bertz CT molecular complexity index is 141. The summed E-state index contributed by atoms with van der Waals surface area (Å²) in [6, 6.07) is 0.209. The van der Waals surface area contributed by atoms with Crippen LogP contribution in [0.2, 0.25) is 0 Å². The van der Waals surface area contributed by atoms with Crippen LogP contribution in [0, 0.1) is 0 Å².